The molecule has 1 atom stereocenters. The topological polar surface area (TPSA) is 9.23 Å². The third-order valence-corrected chi connectivity index (χ3v) is 2.55. The molecular weight excluding hydrogens is 228 g/mol. The van der Waals surface area contributed by atoms with Gasteiger partial charge in [-0.3, -0.25) is 0 Å². The predicted octanol–water partition coefficient (Wildman–Crippen LogP) is 3.56. The zero-order valence-corrected chi connectivity index (χ0v) is 10.1. The molecule has 1 unspecified atom stereocenters. The Morgan fingerprint density at radius 3 is 2.59 bits per heavy atom. The lowest BCUT2D eigenvalue weighted by atomic mass is 9.80. The van der Waals surface area contributed by atoms with Gasteiger partial charge in [0.25, 0.3) is 0 Å². The second kappa shape index (κ2) is 5.98. The van der Waals surface area contributed by atoms with Crippen molar-refractivity contribution < 1.29 is 17.7 Å². The van der Waals surface area contributed by atoms with Crippen LogP contribution in [0.4, 0.5) is 12.9 Å². The van der Waals surface area contributed by atoms with E-state index in [-0.39, 0.29) is 0 Å². The first kappa shape index (κ1) is 13.9. The van der Waals surface area contributed by atoms with E-state index >= 15 is 0 Å². The zero-order valence-electron chi connectivity index (χ0n) is 10.1. The van der Waals surface area contributed by atoms with Crippen LogP contribution in [-0.4, -0.2) is 13.6 Å². The van der Waals surface area contributed by atoms with Gasteiger partial charge in [-0.05, 0) is 24.5 Å². The summed E-state index contributed by atoms with van der Waals surface area (Å²) in [4.78, 5) is 0. The van der Waals surface area contributed by atoms with Crippen LogP contribution in [0.25, 0.3) is 0 Å². The first-order valence-corrected chi connectivity index (χ1v) is 5.86. The van der Waals surface area contributed by atoms with E-state index in [1.54, 1.807) is 6.07 Å². The van der Waals surface area contributed by atoms with Crippen LogP contribution >= 0.6 is 0 Å². The quantitative estimate of drug-likeness (QED) is 0.696. The first-order valence-electron chi connectivity index (χ1n) is 5.86. The van der Waals surface area contributed by atoms with E-state index in [2.05, 4.69) is 6.92 Å². The normalized spacial score (nSPS) is 13.5. The molecule has 0 N–H and O–H groups in total. The van der Waals surface area contributed by atoms with Gasteiger partial charge in [0.2, 0.25) is 0 Å². The molecule has 1 nitrogen and oxygen atoms in total. The fourth-order valence-corrected chi connectivity index (χ4v) is 1.62. The van der Waals surface area contributed by atoms with E-state index in [0.717, 1.165) is 25.0 Å². The van der Waals surface area contributed by atoms with Crippen LogP contribution < -0.4 is 10.2 Å². The molecule has 17 heavy (non-hydrogen) atoms. The molecule has 0 aliphatic rings. The lowest BCUT2D eigenvalue weighted by Crippen LogP contribution is -2.33. The second-order valence-electron chi connectivity index (χ2n) is 4.35. The van der Waals surface area contributed by atoms with Gasteiger partial charge in [-0.25, -0.2) is 0 Å². The Morgan fingerprint density at radius 1 is 1.29 bits per heavy atom. The number of halogens is 3. The maximum atomic E-state index is 12.5. The van der Waals surface area contributed by atoms with Gasteiger partial charge in [-0.15, -0.1) is 5.46 Å². The van der Waals surface area contributed by atoms with Crippen LogP contribution in [-0.2, 0) is 0 Å². The Morgan fingerprint density at radius 2 is 2.00 bits per heavy atom. The Labute approximate surface area is 100 Å². The second-order valence-corrected chi connectivity index (χ2v) is 4.35. The molecule has 0 aliphatic heterocycles. The Bertz CT molecular complexity index is 352. The molecule has 0 saturated carbocycles. The minimum atomic E-state index is -4.94. The summed E-state index contributed by atoms with van der Waals surface area (Å²) in [7, 11) is 0. The number of benzene rings is 1. The molecule has 1 rings (SSSR count). The molecule has 0 spiro atoms. The largest absolute Gasteiger partial charge is 0.509 e. The van der Waals surface area contributed by atoms with Gasteiger partial charge in [-0.2, -0.15) is 0 Å². The fraction of sp³-hybridized carbons (Fsp3) is 0.500. The van der Waals surface area contributed by atoms with Crippen molar-refractivity contribution in [3.05, 3.63) is 24.3 Å². The average molecular weight is 245 g/mol. The van der Waals surface area contributed by atoms with Gasteiger partial charge in [0.05, 0.1) is 6.61 Å². The van der Waals surface area contributed by atoms with Gasteiger partial charge < -0.3 is 17.7 Å². The monoisotopic (exact) mass is 245 g/mol. The lowest BCUT2D eigenvalue weighted by molar-refractivity contribution is 0.251. The van der Waals surface area contributed by atoms with Crippen molar-refractivity contribution in [3.8, 4) is 5.75 Å². The van der Waals surface area contributed by atoms with Crippen LogP contribution in [0.5, 0.6) is 5.75 Å². The van der Waals surface area contributed by atoms with E-state index < -0.39 is 12.4 Å². The van der Waals surface area contributed by atoms with Crippen LogP contribution in [0.1, 0.15) is 26.7 Å². The van der Waals surface area contributed by atoms with E-state index in [1.807, 2.05) is 6.92 Å². The highest BCUT2D eigenvalue weighted by Crippen LogP contribution is 2.16. The van der Waals surface area contributed by atoms with Crippen molar-refractivity contribution in [3.63, 3.8) is 0 Å². The van der Waals surface area contributed by atoms with Crippen molar-refractivity contribution in [2.45, 2.75) is 26.7 Å². The van der Waals surface area contributed by atoms with Crippen LogP contribution in [0.2, 0.25) is 0 Å². The van der Waals surface area contributed by atoms with Crippen molar-refractivity contribution in [1.82, 2.24) is 0 Å². The molecule has 0 amide bonds. The molecule has 96 valence electrons. The highest BCUT2D eigenvalue weighted by molar-refractivity contribution is 6.73. The summed E-state index contributed by atoms with van der Waals surface area (Å²) in [5.74, 6) is 0.657. The molecule has 0 aliphatic carbocycles. The molecule has 0 saturated heterocycles. The van der Waals surface area contributed by atoms with Crippen LogP contribution in [0.3, 0.4) is 0 Å². The van der Waals surface area contributed by atoms with Crippen LogP contribution in [0.15, 0.2) is 24.3 Å². The standard InChI is InChI=1S/C12H17BF3O/c1-3-5-10(2)9-17-12-7-4-6-11(8-12)13(14,15)16/h4,6-8,10H,3,5,9H2,1-2H3/q-1. The lowest BCUT2D eigenvalue weighted by Gasteiger charge is -2.17. The molecular formula is C12H17BF3O-. The summed E-state index contributed by atoms with van der Waals surface area (Å²) in [5.41, 5.74) is -0.606. The summed E-state index contributed by atoms with van der Waals surface area (Å²) >= 11 is 0. The maximum absolute atomic E-state index is 12.5. The molecule has 1 aromatic rings. The highest BCUT2D eigenvalue weighted by atomic mass is 19.4. The summed E-state index contributed by atoms with van der Waals surface area (Å²) < 4.78 is 42.8. The first-order chi connectivity index (χ1) is 7.93. The van der Waals surface area contributed by atoms with Crippen LogP contribution in [0, 0.1) is 5.92 Å². The van der Waals surface area contributed by atoms with Crippen molar-refractivity contribution in [2.75, 3.05) is 6.61 Å². The predicted molar refractivity (Wildman–Crippen MR) is 64.7 cm³/mol. The van der Waals surface area contributed by atoms with Gasteiger partial charge in [0.1, 0.15) is 5.75 Å². The van der Waals surface area contributed by atoms with E-state index in [0.29, 0.717) is 18.3 Å². The van der Waals surface area contributed by atoms with Gasteiger partial charge in [-0.1, -0.05) is 32.4 Å². The summed E-state index contributed by atoms with van der Waals surface area (Å²) in [5, 5.41) is 0. The number of rotatable bonds is 6. The SMILES string of the molecule is CCCC(C)COc1cccc([B-](F)(F)F)c1. The molecule has 0 heterocycles. The summed E-state index contributed by atoms with van der Waals surface area (Å²) in [6, 6.07) is 5.08. The van der Waals surface area contributed by atoms with Gasteiger partial charge in [0, 0.05) is 0 Å². The van der Waals surface area contributed by atoms with E-state index in [9.17, 15) is 12.9 Å². The van der Waals surface area contributed by atoms with Crippen molar-refractivity contribution in [1.29, 1.82) is 0 Å². The number of hydrogen-bond acceptors (Lipinski definition) is 1. The minimum Gasteiger partial charge on any atom is -0.493 e. The highest BCUT2D eigenvalue weighted by Gasteiger charge is 2.25. The minimum absolute atomic E-state index is 0.296. The van der Waals surface area contributed by atoms with Crippen molar-refractivity contribution >= 4 is 12.4 Å². The van der Waals surface area contributed by atoms with Gasteiger partial charge >= 0.3 is 6.98 Å². The van der Waals surface area contributed by atoms with Crippen molar-refractivity contribution in [2.24, 2.45) is 5.92 Å². The molecule has 0 aromatic heterocycles. The zero-order chi connectivity index (χ0) is 12.9. The van der Waals surface area contributed by atoms with E-state index in [1.165, 1.54) is 6.07 Å². The maximum Gasteiger partial charge on any atom is 0.509 e. The van der Waals surface area contributed by atoms with E-state index in [4.69, 9.17) is 4.74 Å². The Balaban J connectivity index is 2.60. The molecule has 0 bridgehead atoms. The Kier molecular flexibility index (Phi) is 4.91. The average Bonchev–Trinajstić information content (AvgIpc) is 2.26. The molecule has 5 heteroatoms. The molecule has 0 radical (unpaired) electrons. The third-order valence-electron chi connectivity index (χ3n) is 2.55. The smallest absolute Gasteiger partial charge is 0.493 e. The fourth-order valence-electron chi connectivity index (χ4n) is 1.62. The van der Waals surface area contributed by atoms with Gasteiger partial charge in [0.15, 0.2) is 0 Å². The molecule has 0 fully saturated rings. The Hall–Kier alpha value is -1.13. The summed E-state index contributed by atoms with van der Waals surface area (Å²) in [6.07, 6.45) is 2.07. The summed E-state index contributed by atoms with van der Waals surface area (Å²) in [6.45, 7) is -0.381. The number of hydrogen-bond donors (Lipinski definition) is 0. The molecule has 1 aromatic carbocycles. The number of ether oxygens (including phenoxy) is 1. The third kappa shape index (κ3) is 4.71.